The molecule has 1 heterocycles. The Hall–Kier alpha value is -1.33. The molecule has 1 aromatic carbocycles. The van der Waals surface area contributed by atoms with Gasteiger partial charge in [0.25, 0.3) is 0 Å². The highest BCUT2D eigenvalue weighted by Gasteiger charge is 2.16. The van der Waals surface area contributed by atoms with Gasteiger partial charge in [-0.1, -0.05) is 0 Å². The normalized spacial score (nSPS) is 17.1. The fourth-order valence-corrected chi connectivity index (χ4v) is 2.40. The molecule has 2 rings (SSSR count). The summed E-state index contributed by atoms with van der Waals surface area (Å²) in [7, 11) is 0. The van der Waals surface area contributed by atoms with Gasteiger partial charge in [-0.3, -0.25) is 4.79 Å². The lowest BCUT2D eigenvalue weighted by atomic mass is 10.1. The van der Waals surface area contributed by atoms with Crippen molar-refractivity contribution in [2.24, 2.45) is 0 Å². The summed E-state index contributed by atoms with van der Waals surface area (Å²) >= 11 is 0. The van der Waals surface area contributed by atoms with Crippen molar-refractivity contribution >= 4 is 24.0 Å². The van der Waals surface area contributed by atoms with Crippen molar-refractivity contribution in [2.45, 2.75) is 38.6 Å². The molecule has 1 amide bonds. The van der Waals surface area contributed by atoms with E-state index in [2.05, 4.69) is 10.6 Å². The lowest BCUT2D eigenvalue weighted by molar-refractivity contribution is -0.116. The van der Waals surface area contributed by atoms with E-state index in [0.29, 0.717) is 30.5 Å². The molecule has 0 bridgehead atoms. The van der Waals surface area contributed by atoms with Crippen molar-refractivity contribution in [2.75, 3.05) is 18.5 Å². The Kier molecular flexibility index (Phi) is 7.47. The first-order valence-corrected chi connectivity index (χ1v) is 7.14. The third-order valence-electron chi connectivity index (χ3n) is 3.40. The number of carbonyl (C=O) groups excluding carboxylic acids is 1. The first-order chi connectivity index (χ1) is 9.69. The van der Waals surface area contributed by atoms with Crippen LogP contribution in [0.5, 0.6) is 5.75 Å². The molecule has 1 atom stereocenters. The Bertz CT molecular complexity index is 465. The fourth-order valence-electron chi connectivity index (χ4n) is 2.40. The molecule has 118 valence electrons. The van der Waals surface area contributed by atoms with Crippen LogP contribution in [-0.2, 0) is 4.79 Å². The quantitative estimate of drug-likeness (QED) is 0.848. The number of anilines is 1. The number of rotatable bonds is 6. The number of nitrogens with one attached hydrogen (secondary N) is 2. The summed E-state index contributed by atoms with van der Waals surface area (Å²) in [6, 6.07) is 4.58. The summed E-state index contributed by atoms with van der Waals surface area (Å²) in [6.07, 6.45) is 3.60. The molecule has 0 saturated carbocycles. The minimum absolute atomic E-state index is 0. The van der Waals surface area contributed by atoms with Crippen LogP contribution in [0.1, 0.15) is 32.6 Å². The van der Waals surface area contributed by atoms with Crippen LogP contribution in [0.2, 0.25) is 0 Å². The highest BCUT2D eigenvalue weighted by molar-refractivity contribution is 5.92. The minimum atomic E-state index is -0.374. The zero-order chi connectivity index (χ0) is 14.4. The van der Waals surface area contributed by atoms with E-state index >= 15 is 0 Å². The van der Waals surface area contributed by atoms with Gasteiger partial charge in [-0.05, 0) is 44.9 Å². The lowest BCUT2D eigenvalue weighted by Crippen LogP contribution is -2.23. The molecule has 0 aliphatic carbocycles. The van der Waals surface area contributed by atoms with Gasteiger partial charge in [0.2, 0.25) is 5.91 Å². The van der Waals surface area contributed by atoms with Crippen LogP contribution in [-0.4, -0.2) is 25.1 Å². The number of ether oxygens (including phenoxy) is 1. The molecule has 1 saturated heterocycles. The van der Waals surface area contributed by atoms with Gasteiger partial charge >= 0.3 is 0 Å². The molecule has 4 nitrogen and oxygen atoms in total. The van der Waals surface area contributed by atoms with Crippen molar-refractivity contribution in [1.82, 2.24) is 5.32 Å². The molecule has 1 aromatic rings. The van der Waals surface area contributed by atoms with E-state index in [1.807, 2.05) is 6.92 Å². The third-order valence-corrected chi connectivity index (χ3v) is 3.40. The SMILES string of the molecule is CCOc1cc(F)ccc1NC(=O)CCC1CCCN1.Cl. The van der Waals surface area contributed by atoms with E-state index in [1.54, 1.807) is 0 Å². The maximum atomic E-state index is 13.2. The number of halogens is 2. The first kappa shape index (κ1) is 17.7. The number of benzene rings is 1. The minimum Gasteiger partial charge on any atom is -0.492 e. The van der Waals surface area contributed by atoms with Gasteiger partial charge in [0.1, 0.15) is 11.6 Å². The standard InChI is InChI=1S/C15H21FN2O2.ClH/c1-2-20-14-10-11(16)5-7-13(14)18-15(19)8-6-12-4-3-9-17-12;/h5,7,10,12,17H,2-4,6,8-9H2,1H3,(H,18,19);1H. The number of hydrogen-bond acceptors (Lipinski definition) is 3. The zero-order valence-corrected chi connectivity index (χ0v) is 13.0. The summed E-state index contributed by atoms with van der Waals surface area (Å²) < 4.78 is 18.5. The Labute approximate surface area is 130 Å². The van der Waals surface area contributed by atoms with Crippen LogP contribution in [0.15, 0.2) is 18.2 Å². The van der Waals surface area contributed by atoms with E-state index in [-0.39, 0.29) is 24.1 Å². The molecular weight excluding hydrogens is 295 g/mol. The van der Waals surface area contributed by atoms with Gasteiger partial charge in [0, 0.05) is 18.5 Å². The summed E-state index contributed by atoms with van der Waals surface area (Å²) in [4.78, 5) is 11.9. The Balaban J connectivity index is 0.00000220. The van der Waals surface area contributed by atoms with Crippen molar-refractivity contribution in [3.63, 3.8) is 0 Å². The third kappa shape index (κ3) is 5.52. The molecule has 1 aliphatic rings. The van der Waals surface area contributed by atoms with Crippen LogP contribution in [0.3, 0.4) is 0 Å². The van der Waals surface area contributed by atoms with Crippen molar-refractivity contribution in [3.8, 4) is 5.75 Å². The van der Waals surface area contributed by atoms with Gasteiger partial charge in [-0.15, -0.1) is 12.4 Å². The molecule has 1 aliphatic heterocycles. The monoisotopic (exact) mass is 316 g/mol. The lowest BCUT2D eigenvalue weighted by Gasteiger charge is -2.13. The summed E-state index contributed by atoms with van der Waals surface area (Å²) in [5.41, 5.74) is 0.526. The largest absolute Gasteiger partial charge is 0.492 e. The second kappa shape index (κ2) is 8.85. The molecule has 1 fully saturated rings. The highest BCUT2D eigenvalue weighted by Crippen LogP contribution is 2.25. The average Bonchev–Trinajstić information content (AvgIpc) is 2.93. The molecule has 0 spiro atoms. The summed E-state index contributed by atoms with van der Waals surface area (Å²) in [5.74, 6) is -0.0623. The smallest absolute Gasteiger partial charge is 0.224 e. The first-order valence-electron chi connectivity index (χ1n) is 7.14. The van der Waals surface area contributed by atoms with E-state index in [4.69, 9.17) is 4.74 Å². The van der Waals surface area contributed by atoms with Gasteiger partial charge in [0.05, 0.1) is 12.3 Å². The Morgan fingerprint density at radius 3 is 3.00 bits per heavy atom. The average molecular weight is 317 g/mol. The highest BCUT2D eigenvalue weighted by atomic mass is 35.5. The van der Waals surface area contributed by atoms with Crippen LogP contribution < -0.4 is 15.4 Å². The number of carbonyl (C=O) groups is 1. The molecule has 0 aromatic heterocycles. The van der Waals surface area contributed by atoms with Crippen LogP contribution in [0, 0.1) is 5.82 Å². The predicted octanol–water partition coefficient (Wildman–Crippen LogP) is 3.12. The summed E-state index contributed by atoms with van der Waals surface area (Å²) in [5, 5.41) is 6.15. The molecular formula is C15H22ClFN2O2. The summed E-state index contributed by atoms with van der Waals surface area (Å²) in [6.45, 7) is 3.29. The van der Waals surface area contributed by atoms with Crippen molar-refractivity contribution in [1.29, 1.82) is 0 Å². The van der Waals surface area contributed by atoms with E-state index in [1.165, 1.54) is 24.6 Å². The topological polar surface area (TPSA) is 50.4 Å². The molecule has 21 heavy (non-hydrogen) atoms. The predicted molar refractivity (Wildman–Crippen MR) is 83.7 cm³/mol. The van der Waals surface area contributed by atoms with Crippen molar-refractivity contribution < 1.29 is 13.9 Å². The van der Waals surface area contributed by atoms with Gasteiger partial charge in [-0.2, -0.15) is 0 Å². The molecule has 2 N–H and O–H groups in total. The number of hydrogen-bond donors (Lipinski definition) is 2. The van der Waals surface area contributed by atoms with Crippen LogP contribution >= 0.6 is 12.4 Å². The number of amides is 1. The van der Waals surface area contributed by atoms with E-state index < -0.39 is 0 Å². The van der Waals surface area contributed by atoms with Crippen LogP contribution in [0.4, 0.5) is 10.1 Å². The molecule has 0 radical (unpaired) electrons. The maximum absolute atomic E-state index is 13.2. The van der Waals surface area contributed by atoms with Crippen LogP contribution in [0.25, 0.3) is 0 Å². The zero-order valence-electron chi connectivity index (χ0n) is 12.2. The maximum Gasteiger partial charge on any atom is 0.224 e. The van der Waals surface area contributed by atoms with Gasteiger partial charge < -0.3 is 15.4 Å². The molecule has 1 unspecified atom stereocenters. The Morgan fingerprint density at radius 1 is 1.52 bits per heavy atom. The van der Waals surface area contributed by atoms with Gasteiger partial charge in [0.15, 0.2) is 0 Å². The molecule has 6 heteroatoms. The van der Waals surface area contributed by atoms with E-state index in [0.717, 1.165) is 19.4 Å². The van der Waals surface area contributed by atoms with E-state index in [9.17, 15) is 9.18 Å². The second-order valence-electron chi connectivity index (χ2n) is 4.95. The van der Waals surface area contributed by atoms with Crippen molar-refractivity contribution in [3.05, 3.63) is 24.0 Å². The second-order valence-corrected chi connectivity index (χ2v) is 4.95. The Morgan fingerprint density at radius 2 is 2.33 bits per heavy atom. The fraction of sp³-hybridized carbons (Fsp3) is 0.533. The van der Waals surface area contributed by atoms with Gasteiger partial charge in [-0.25, -0.2) is 4.39 Å².